The number of aliphatic hydroxyl groups is 1. The van der Waals surface area contributed by atoms with Gasteiger partial charge in [-0.25, -0.2) is 9.18 Å². The van der Waals surface area contributed by atoms with Crippen molar-refractivity contribution >= 4 is 11.9 Å². The van der Waals surface area contributed by atoms with E-state index in [4.69, 9.17) is 4.74 Å². The molecule has 1 aliphatic rings. The summed E-state index contributed by atoms with van der Waals surface area (Å²) in [6.45, 7) is 3.24. The van der Waals surface area contributed by atoms with Crippen molar-refractivity contribution in [2.24, 2.45) is 0 Å². The predicted octanol–water partition coefficient (Wildman–Crippen LogP) is 2.34. The van der Waals surface area contributed by atoms with Crippen LogP contribution in [-0.4, -0.2) is 41.2 Å². The molecule has 1 heterocycles. The Morgan fingerprint density at radius 3 is 2.41 bits per heavy atom. The maximum Gasteiger partial charge on any atom is 0.325 e. The van der Waals surface area contributed by atoms with Gasteiger partial charge in [0.05, 0.1) is 6.54 Å². The Hall–Kier alpha value is -2.93. The maximum absolute atomic E-state index is 12.9. The van der Waals surface area contributed by atoms with Crippen LogP contribution in [0.2, 0.25) is 0 Å². The molecule has 2 atom stereocenters. The number of rotatable bonds is 6. The number of amides is 3. The van der Waals surface area contributed by atoms with E-state index in [0.717, 1.165) is 10.5 Å². The summed E-state index contributed by atoms with van der Waals surface area (Å²) < 4.78 is 18.3. The Balaban J connectivity index is 1.64. The third-order valence-electron chi connectivity index (χ3n) is 4.55. The lowest BCUT2D eigenvalue weighted by atomic mass is 9.91. The third kappa shape index (κ3) is 3.93. The maximum atomic E-state index is 12.9. The van der Waals surface area contributed by atoms with Crippen molar-refractivity contribution in [1.82, 2.24) is 10.2 Å². The van der Waals surface area contributed by atoms with Crippen LogP contribution >= 0.6 is 0 Å². The quantitative estimate of drug-likeness (QED) is 0.763. The molecular formula is C20H21FN2O4. The minimum atomic E-state index is -1.18. The molecule has 7 heteroatoms. The summed E-state index contributed by atoms with van der Waals surface area (Å²) in [7, 11) is 0. The number of halogens is 1. The molecule has 2 aromatic carbocycles. The van der Waals surface area contributed by atoms with Crippen molar-refractivity contribution in [2.75, 3.05) is 13.2 Å². The van der Waals surface area contributed by atoms with Gasteiger partial charge in [0.25, 0.3) is 5.91 Å². The van der Waals surface area contributed by atoms with Crippen molar-refractivity contribution in [1.29, 1.82) is 0 Å². The molecule has 0 aromatic heterocycles. The average Bonchev–Trinajstić information content (AvgIpc) is 2.86. The molecule has 2 N–H and O–H groups in total. The molecule has 27 heavy (non-hydrogen) atoms. The molecule has 0 bridgehead atoms. The van der Waals surface area contributed by atoms with Crippen molar-refractivity contribution in [3.63, 3.8) is 0 Å². The number of hydrogen-bond acceptors (Lipinski definition) is 4. The van der Waals surface area contributed by atoms with Crippen molar-refractivity contribution < 1.29 is 23.8 Å². The summed E-state index contributed by atoms with van der Waals surface area (Å²) in [4.78, 5) is 26.1. The largest absolute Gasteiger partial charge is 0.491 e. The van der Waals surface area contributed by atoms with Crippen LogP contribution in [0.25, 0.3) is 0 Å². The molecule has 0 spiro atoms. The van der Waals surface area contributed by atoms with Gasteiger partial charge in [0.1, 0.15) is 29.8 Å². The van der Waals surface area contributed by atoms with Crippen LogP contribution < -0.4 is 10.1 Å². The van der Waals surface area contributed by atoms with Crippen molar-refractivity contribution in [2.45, 2.75) is 25.5 Å². The highest BCUT2D eigenvalue weighted by Gasteiger charge is 2.49. The summed E-state index contributed by atoms with van der Waals surface area (Å²) in [5.41, 5.74) is 0.540. The minimum absolute atomic E-state index is 0.135. The average molecular weight is 372 g/mol. The van der Waals surface area contributed by atoms with E-state index in [1.807, 2.05) is 19.1 Å². The van der Waals surface area contributed by atoms with Gasteiger partial charge >= 0.3 is 6.03 Å². The van der Waals surface area contributed by atoms with Crippen LogP contribution in [0, 0.1) is 12.7 Å². The topological polar surface area (TPSA) is 78.9 Å². The normalized spacial score (nSPS) is 20.5. The Morgan fingerprint density at radius 1 is 1.15 bits per heavy atom. The van der Waals surface area contributed by atoms with Gasteiger partial charge in [0, 0.05) is 0 Å². The number of carbonyl (C=O) groups excluding carboxylic acids is 2. The molecule has 0 radical (unpaired) electrons. The molecule has 0 aliphatic carbocycles. The smallest absolute Gasteiger partial charge is 0.325 e. The molecule has 3 amide bonds. The van der Waals surface area contributed by atoms with Gasteiger partial charge in [-0.2, -0.15) is 0 Å². The fraction of sp³-hybridized carbons (Fsp3) is 0.300. The Kier molecular flexibility index (Phi) is 5.14. The van der Waals surface area contributed by atoms with Crippen molar-refractivity contribution in [3.8, 4) is 5.75 Å². The zero-order valence-electron chi connectivity index (χ0n) is 15.1. The number of imide groups is 1. The number of urea groups is 1. The van der Waals surface area contributed by atoms with E-state index < -0.39 is 29.4 Å². The number of nitrogens with one attached hydrogen (secondary N) is 1. The number of carbonyl (C=O) groups is 2. The molecule has 6 nitrogen and oxygen atoms in total. The first-order valence-electron chi connectivity index (χ1n) is 8.57. The molecule has 142 valence electrons. The Bertz CT molecular complexity index is 838. The number of benzene rings is 2. The molecule has 0 unspecified atom stereocenters. The molecule has 1 fully saturated rings. The predicted molar refractivity (Wildman–Crippen MR) is 96.7 cm³/mol. The third-order valence-corrected chi connectivity index (χ3v) is 4.55. The van der Waals surface area contributed by atoms with Crippen LogP contribution in [0.4, 0.5) is 9.18 Å². The number of β-amino-alcohol motifs (C(OH)–C–C–N with tert-alkyl or cyclic N) is 1. The number of ether oxygens (including phenoxy) is 1. The molecule has 3 rings (SSSR count). The van der Waals surface area contributed by atoms with Gasteiger partial charge in [0.15, 0.2) is 0 Å². The highest BCUT2D eigenvalue weighted by Crippen LogP contribution is 2.29. The lowest BCUT2D eigenvalue weighted by Gasteiger charge is -2.23. The van der Waals surface area contributed by atoms with E-state index in [1.165, 1.54) is 24.3 Å². The summed E-state index contributed by atoms with van der Waals surface area (Å²) in [6, 6.07) is 12.1. The number of nitrogens with zero attached hydrogens (tertiary/aromatic N) is 1. The SMILES string of the molecule is Cc1ccc([C@@]2(C)NC(=O)N(C[C@@H](O)COc3ccc(F)cc3)C2=O)cc1. The molecule has 1 aliphatic heterocycles. The first-order valence-corrected chi connectivity index (χ1v) is 8.57. The fourth-order valence-corrected chi connectivity index (χ4v) is 2.93. The number of aliphatic hydroxyl groups excluding tert-OH is 1. The number of hydrogen-bond donors (Lipinski definition) is 2. The Morgan fingerprint density at radius 2 is 1.78 bits per heavy atom. The van der Waals surface area contributed by atoms with Crippen LogP contribution in [-0.2, 0) is 10.3 Å². The summed E-state index contributed by atoms with van der Waals surface area (Å²) in [5, 5.41) is 12.9. The highest BCUT2D eigenvalue weighted by molar-refractivity contribution is 6.07. The van der Waals surface area contributed by atoms with Gasteiger partial charge < -0.3 is 15.2 Å². The monoisotopic (exact) mass is 372 g/mol. The van der Waals surface area contributed by atoms with Crippen molar-refractivity contribution in [3.05, 3.63) is 65.5 Å². The molecular weight excluding hydrogens is 351 g/mol. The highest BCUT2D eigenvalue weighted by atomic mass is 19.1. The second kappa shape index (κ2) is 7.36. The van der Waals surface area contributed by atoms with E-state index in [2.05, 4.69) is 5.32 Å². The first kappa shape index (κ1) is 18.8. The zero-order chi connectivity index (χ0) is 19.6. The molecule has 0 saturated carbocycles. The summed E-state index contributed by atoms with van der Waals surface area (Å²) in [6.07, 6.45) is -1.08. The fourth-order valence-electron chi connectivity index (χ4n) is 2.93. The van der Waals surface area contributed by atoms with Gasteiger partial charge in [0.2, 0.25) is 0 Å². The summed E-state index contributed by atoms with van der Waals surface area (Å²) in [5.74, 6) is -0.438. The number of aryl methyl sites for hydroxylation is 1. The second-order valence-corrected chi connectivity index (χ2v) is 6.76. The molecule has 2 aromatic rings. The van der Waals surface area contributed by atoms with E-state index in [-0.39, 0.29) is 13.2 Å². The van der Waals surface area contributed by atoms with Crippen LogP contribution in [0.3, 0.4) is 0 Å². The lowest BCUT2D eigenvalue weighted by Crippen LogP contribution is -2.42. The van der Waals surface area contributed by atoms with Gasteiger partial charge in [-0.15, -0.1) is 0 Å². The summed E-state index contributed by atoms with van der Waals surface area (Å²) >= 11 is 0. The lowest BCUT2D eigenvalue weighted by molar-refractivity contribution is -0.132. The van der Waals surface area contributed by atoms with Gasteiger partial charge in [-0.3, -0.25) is 9.69 Å². The van der Waals surface area contributed by atoms with Gasteiger partial charge in [-0.05, 0) is 43.7 Å². The minimum Gasteiger partial charge on any atom is -0.491 e. The van der Waals surface area contributed by atoms with Gasteiger partial charge in [-0.1, -0.05) is 29.8 Å². The molecule has 1 saturated heterocycles. The van der Waals surface area contributed by atoms with Crippen LogP contribution in [0.5, 0.6) is 5.75 Å². The Labute approximate surface area is 156 Å². The first-order chi connectivity index (χ1) is 12.8. The van der Waals surface area contributed by atoms with E-state index in [9.17, 15) is 19.1 Å². The zero-order valence-corrected chi connectivity index (χ0v) is 15.1. The van der Waals surface area contributed by atoms with E-state index in [1.54, 1.807) is 19.1 Å². The second-order valence-electron chi connectivity index (χ2n) is 6.76. The van der Waals surface area contributed by atoms with E-state index in [0.29, 0.717) is 11.3 Å². The van der Waals surface area contributed by atoms with E-state index >= 15 is 0 Å². The van der Waals surface area contributed by atoms with Crippen LogP contribution in [0.15, 0.2) is 48.5 Å². The van der Waals surface area contributed by atoms with Crippen LogP contribution in [0.1, 0.15) is 18.1 Å². The standard InChI is InChI=1S/C20H21FN2O4/c1-13-3-5-14(6-4-13)20(2)18(25)23(19(26)22-20)11-16(24)12-27-17-9-7-15(21)8-10-17/h3-10,16,24H,11-12H2,1-2H3,(H,22,26)/t16-,20-/m1/s1.